The largest absolute Gasteiger partial charge is 0.439 e. The molecule has 12 heteroatoms. The predicted molar refractivity (Wildman–Crippen MR) is 117 cm³/mol. The molecular weight excluding hydrogens is 451 g/mol. The molecule has 0 bridgehead atoms. The highest BCUT2D eigenvalue weighted by Gasteiger charge is 2.65. The topological polar surface area (TPSA) is 110 Å². The van der Waals surface area contributed by atoms with Crippen molar-refractivity contribution < 1.29 is 22.7 Å². The molecule has 34 heavy (non-hydrogen) atoms. The molecule has 0 unspecified atom stereocenters. The van der Waals surface area contributed by atoms with Gasteiger partial charge in [-0.1, -0.05) is 0 Å². The van der Waals surface area contributed by atoms with Crippen molar-refractivity contribution in [3.63, 3.8) is 0 Å². The molecule has 1 aliphatic carbocycles. The van der Waals surface area contributed by atoms with E-state index in [1.165, 1.54) is 17.0 Å². The minimum atomic E-state index is -4.36. The van der Waals surface area contributed by atoms with Crippen molar-refractivity contribution in [1.29, 1.82) is 0 Å². The first-order valence-corrected chi connectivity index (χ1v) is 10.5. The third kappa shape index (κ3) is 3.96. The van der Waals surface area contributed by atoms with Crippen LogP contribution in [0.3, 0.4) is 0 Å². The first kappa shape index (κ1) is 21.9. The van der Waals surface area contributed by atoms with Crippen LogP contribution in [-0.4, -0.2) is 44.0 Å². The fourth-order valence-corrected chi connectivity index (χ4v) is 3.82. The minimum Gasteiger partial charge on any atom is -0.439 e. The standard InChI is InChI=1S/C22H20F3N7O2/c1-26-11-14-9-19(28-12-27-14)34-15-2-3-16-13(8-15)4-7-32(16)20(33)29-18-10-17(30-31-18)21(5-6-21)22(23,24)25/h2-4,7-10,12,26H,5-6,11H2,1H3,(H2,29,30,31,33). The normalized spacial score (nSPS) is 14.8. The van der Waals surface area contributed by atoms with Gasteiger partial charge in [-0.3, -0.25) is 15.0 Å². The van der Waals surface area contributed by atoms with Crippen LogP contribution in [0.1, 0.15) is 24.2 Å². The number of nitrogens with zero attached hydrogens (tertiary/aromatic N) is 4. The number of aromatic nitrogens is 5. The molecule has 0 radical (unpaired) electrons. The van der Waals surface area contributed by atoms with Crippen LogP contribution in [0.25, 0.3) is 10.9 Å². The number of anilines is 1. The fraction of sp³-hybridized carbons (Fsp3) is 0.273. The Morgan fingerprint density at radius 1 is 1.21 bits per heavy atom. The van der Waals surface area contributed by atoms with Gasteiger partial charge in [0.25, 0.3) is 0 Å². The zero-order valence-electron chi connectivity index (χ0n) is 18.0. The van der Waals surface area contributed by atoms with Crippen LogP contribution < -0.4 is 15.4 Å². The van der Waals surface area contributed by atoms with Gasteiger partial charge in [-0.2, -0.15) is 18.3 Å². The molecule has 5 rings (SSSR count). The molecule has 1 aliphatic rings. The van der Waals surface area contributed by atoms with Gasteiger partial charge < -0.3 is 10.1 Å². The van der Waals surface area contributed by atoms with Gasteiger partial charge >= 0.3 is 12.2 Å². The highest BCUT2D eigenvalue weighted by atomic mass is 19.4. The van der Waals surface area contributed by atoms with Gasteiger partial charge in [-0.05, 0) is 44.2 Å². The Morgan fingerprint density at radius 3 is 2.76 bits per heavy atom. The lowest BCUT2D eigenvalue weighted by Crippen LogP contribution is -2.29. The lowest BCUT2D eigenvalue weighted by Gasteiger charge is -2.16. The van der Waals surface area contributed by atoms with Gasteiger partial charge in [0.05, 0.1) is 16.9 Å². The average Bonchev–Trinajstić information content (AvgIpc) is 3.32. The maximum absolute atomic E-state index is 13.3. The van der Waals surface area contributed by atoms with Crippen molar-refractivity contribution >= 4 is 22.8 Å². The van der Waals surface area contributed by atoms with Crippen molar-refractivity contribution in [1.82, 2.24) is 30.0 Å². The summed E-state index contributed by atoms with van der Waals surface area (Å²) in [5, 5.41) is 12.5. The zero-order valence-corrected chi connectivity index (χ0v) is 18.0. The number of fused-ring (bicyclic) bond motifs is 1. The monoisotopic (exact) mass is 471 g/mol. The summed E-state index contributed by atoms with van der Waals surface area (Å²) in [6, 6.07) is 9.30. The number of nitrogens with one attached hydrogen (secondary N) is 3. The SMILES string of the molecule is CNCc1cc(Oc2ccc3c(ccn3C(=O)Nc3cc(C4(C(F)(F)F)CC4)[nH]n3)c2)ncn1. The summed E-state index contributed by atoms with van der Waals surface area (Å²) in [7, 11) is 1.81. The number of hydrogen-bond acceptors (Lipinski definition) is 6. The summed E-state index contributed by atoms with van der Waals surface area (Å²) in [6.07, 6.45) is -1.38. The van der Waals surface area contributed by atoms with Crippen molar-refractivity contribution in [3.05, 3.63) is 60.3 Å². The Labute approximate surface area is 191 Å². The van der Waals surface area contributed by atoms with Gasteiger partial charge in [0.2, 0.25) is 5.88 Å². The van der Waals surface area contributed by atoms with Crippen LogP contribution in [0, 0.1) is 0 Å². The maximum atomic E-state index is 13.3. The smallest absolute Gasteiger partial charge is 0.399 e. The molecule has 3 aromatic heterocycles. The van der Waals surface area contributed by atoms with E-state index in [0.29, 0.717) is 23.7 Å². The number of rotatable bonds is 6. The average molecular weight is 471 g/mol. The molecule has 0 atom stereocenters. The zero-order chi connectivity index (χ0) is 23.9. The molecule has 1 fully saturated rings. The summed E-state index contributed by atoms with van der Waals surface area (Å²) in [6.45, 7) is 0.574. The molecule has 1 aromatic carbocycles. The Morgan fingerprint density at radius 2 is 2.03 bits per heavy atom. The van der Waals surface area contributed by atoms with Crippen molar-refractivity contribution in [2.75, 3.05) is 12.4 Å². The van der Waals surface area contributed by atoms with E-state index in [-0.39, 0.29) is 24.4 Å². The number of hydrogen-bond donors (Lipinski definition) is 3. The van der Waals surface area contributed by atoms with E-state index in [9.17, 15) is 18.0 Å². The van der Waals surface area contributed by atoms with E-state index in [1.807, 2.05) is 7.05 Å². The Hall–Kier alpha value is -3.93. The second-order valence-corrected chi connectivity index (χ2v) is 8.06. The number of carbonyl (C=O) groups excluding carboxylic acids is 1. The highest BCUT2D eigenvalue weighted by Crippen LogP contribution is 2.58. The third-order valence-electron chi connectivity index (χ3n) is 5.78. The fourth-order valence-electron chi connectivity index (χ4n) is 3.82. The van der Waals surface area contributed by atoms with Gasteiger partial charge in [0.1, 0.15) is 17.5 Å². The predicted octanol–water partition coefficient (Wildman–Crippen LogP) is 4.34. The minimum absolute atomic E-state index is 0.00450. The molecule has 3 N–H and O–H groups in total. The first-order chi connectivity index (χ1) is 16.3. The molecule has 9 nitrogen and oxygen atoms in total. The molecule has 0 aliphatic heterocycles. The molecule has 1 saturated carbocycles. The van der Waals surface area contributed by atoms with E-state index in [0.717, 1.165) is 11.1 Å². The number of H-pyrrole nitrogens is 1. The van der Waals surface area contributed by atoms with Gasteiger partial charge in [-0.15, -0.1) is 0 Å². The van der Waals surface area contributed by atoms with Gasteiger partial charge in [0, 0.05) is 30.3 Å². The Kier molecular flexibility index (Phi) is 5.24. The van der Waals surface area contributed by atoms with E-state index in [4.69, 9.17) is 4.74 Å². The molecule has 4 aromatic rings. The van der Waals surface area contributed by atoms with E-state index in [1.54, 1.807) is 36.5 Å². The number of carbonyl (C=O) groups is 1. The van der Waals surface area contributed by atoms with Crippen LogP contribution in [0.4, 0.5) is 23.8 Å². The van der Waals surface area contributed by atoms with Crippen molar-refractivity contribution in [2.24, 2.45) is 0 Å². The highest BCUT2D eigenvalue weighted by molar-refractivity contribution is 5.98. The molecular formula is C22H20F3N7O2. The van der Waals surface area contributed by atoms with Gasteiger partial charge in [-0.25, -0.2) is 14.8 Å². The summed E-state index contributed by atoms with van der Waals surface area (Å²) < 4.78 is 47.1. The Balaban J connectivity index is 1.31. The number of amides is 1. The molecule has 3 heterocycles. The molecule has 0 saturated heterocycles. The summed E-state index contributed by atoms with van der Waals surface area (Å²) in [5.74, 6) is 0.940. The second-order valence-electron chi connectivity index (χ2n) is 8.06. The van der Waals surface area contributed by atoms with E-state index < -0.39 is 17.6 Å². The summed E-state index contributed by atoms with van der Waals surface area (Å²) >= 11 is 0. The van der Waals surface area contributed by atoms with Crippen LogP contribution in [0.15, 0.2) is 48.9 Å². The third-order valence-corrected chi connectivity index (χ3v) is 5.78. The quantitative estimate of drug-likeness (QED) is 0.386. The van der Waals surface area contributed by atoms with Crippen LogP contribution in [-0.2, 0) is 12.0 Å². The number of ether oxygens (including phenoxy) is 1. The number of benzene rings is 1. The second kappa shape index (κ2) is 8.13. The number of alkyl halides is 3. The molecule has 176 valence electrons. The summed E-state index contributed by atoms with van der Waals surface area (Å²) in [5.41, 5.74) is -0.567. The Bertz CT molecular complexity index is 1360. The lowest BCUT2D eigenvalue weighted by molar-refractivity contribution is -0.161. The van der Waals surface area contributed by atoms with Crippen LogP contribution in [0.5, 0.6) is 11.6 Å². The maximum Gasteiger partial charge on any atom is 0.399 e. The van der Waals surface area contributed by atoms with Gasteiger partial charge in [0.15, 0.2) is 5.82 Å². The van der Waals surface area contributed by atoms with Crippen LogP contribution in [0.2, 0.25) is 0 Å². The number of halogens is 3. The summed E-state index contributed by atoms with van der Waals surface area (Å²) in [4.78, 5) is 21.0. The van der Waals surface area contributed by atoms with Crippen molar-refractivity contribution in [3.8, 4) is 11.6 Å². The first-order valence-electron chi connectivity index (χ1n) is 10.5. The number of aromatic amines is 1. The van der Waals surface area contributed by atoms with E-state index in [2.05, 4.69) is 30.8 Å². The molecule has 0 spiro atoms. The van der Waals surface area contributed by atoms with E-state index >= 15 is 0 Å². The molecule has 1 amide bonds. The lowest BCUT2D eigenvalue weighted by atomic mass is 10.0. The van der Waals surface area contributed by atoms with Crippen molar-refractivity contribution in [2.45, 2.75) is 31.0 Å². The van der Waals surface area contributed by atoms with Crippen LogP contribution >= 0.6 is 0 Å².